The highest BCUT2D eigenvalue weighted by Crippen LogP contribution is 2.41. The number of amides is 1. The lowest BCUT2D eigenvalue weighted by molar-refractivity contribution is 0.0827. The minimum Gasteiger partial charge on any atom is -0.397 e. The van der Waals surface area contributed by atoms with Crippen LogP contribution in [0.1, 0.15) is 23.2 Å². The Morgan fingerprint density at radius 2 is 2.10 bits per heavy atom. The zero-order chi connectivity index (χ0) is 15.1. The average molecular weight is 289 g/mol. The van der Waals surface area contributed by atoms with Gasteiger partial charge in [0.2, 0.25) is 0 Å². The molecule has 3 rings (SSSR count). The van der Waals surface area contributed by atoms with Crippen molar-refractivity contribution < 1.29 is 9.90 Å². The molecule has 21 heavy (non-hydrogen) atoms. The molecule has 1 aromatic rings. The molecule has 1 aliphatic heterocycles. The van der Waals surface area contributed by atoms with Crippen molar-refractivity contribution in [2.24, 2.45) is 11.8 Å². The van der Waals surface area contributed by atoms with Crippen molar-refractivity contribution in [3.8, 4) is 0 Å². The van der Waals surface area contributed by atoms with Crippen LogP contribution in [0.15, 0.2) is 18.2 Å². The number of fused-ring (bicyclic) bond motifs is 1. The summed E-state index contributed by atoms with van der Waals surface area (Å²) < 4.78 is 0. The van der Waals surface area contributed by atoms with E-state index < -0.39 is 0 Å². The van der Waals surface area contributed by atoms with Gasteiger partial charge in [-0.25, -0.2) is 0 Å². The standard InChI is InChI=1S/C16H23N3O2/c1-18(2)16(21)10-3-5-14(13(17)7-10)19-8-11-4-6-15(20)12(11)9-19/h3,5,7,11-12,15,20H,4,6,8-9,17H2,1-2H3. The second kappa shape index (κ2) is 5.22. The van der Waals surface area contributed by atoms with E-state index in [-0.39, 0.29) is 12.0 Å². The lowest BCUT2D eigenvalue weighted by Gasteiger charge is -2.23. The van der Waals surface area contributed by atoms with Gasteiger partial charge in [-0.15, -0.1) is 0 Å². The molecule has 5 heteroatoms. The highest BCUT2D eigenvalue weighted by molar-refractivity contribution is 5.95. The average Bonchev–Trinajstić information content (AvgIpc) is 3.00. The van der Waals surface area contributed by atoms with Crippen LogP contribution in [0.2, 0.25) is 0 Å². The monoisotopic (exact) mass is 289 g/mol. The Kier molecular flexibility index (Phi) is 3.53. The van der Waals surface area contributed by atoms with Crippen molar-refractivity contribution in [1.82, 2.24) is 4.90 Å². The summed E-state index contributed by atoms with van der Waals surface area (Å²) in [6.07, 6.45) is 1.85. The van der Waals surface area contributed by atoms with Crippen molar-refractivity contribution in [1.29, 1.82) is 0 Å². The molecule has 3 atom stereocenters. The van der Waals surface area contributed by atoms with Crippen LogP contribution in [0.3, 0.4) is 0 Å². The molecule has 0 spiro atoms. The van der Waals surface area contributed by atoms with Crippen LogP contribution in [0, 0.1) is 11.8 Å². The number of benzene rings is 1. The van der Waals surface area contributed by atoms with Gasteiger partial charge in [0.05, 0.1) is 17.5 Å². The van der Waals surface area contributed by atoms with Gasteiger partial charge >= 0.3 is 0 Å². The molecule has 1 amide bonds. The quantitative estimate of drug-likeness (QED) is 0.802. The Morgan fingerprint density at radius 3 is 2.71 bits per heavy atom. The maximum absolute atomic E-state index is 12.0. The van der Waals surface area contributed by atoms with E-state index in [9.17, 15) is 9.90 Å². The smallest absolute Gasteiger partial charge is 0.253 e. The number of nitrogens with two attached hydrogens (primary N) is 1. The molecular weight excluding hydrogens is 266 g/mol. The molecule has 0 bridgehead atoms. The number of nitrogens with zero attached hydrogens (tertiary/aromatic N) is 2. The van der Waals surface area contributed by atoms with E-state index in [0.29, 0.717) is 23.1 Å². The fourth-order valence-electron chi connectivity index (χ4n) is 3.67. The largest absolute Gasteiger partial charge is 0.397 e. The summed E-state index contributed by atoms with van der Waals surface area (Å²) in [4.78, 5) is 15.7. The highest BCUT2D eigenvalue weighted by atomic mass is 16.3. The summed E-state index contributed by atoms with van der Waals surface area (Å²) in [6.45, 7) is 1.81. The third-order valence-electron chi connectivity index (χ3n) is 4.84. The van der Waals surface area contributed by atoms with Gasteiger partial charge in [-0.2, -0.15) is 0 Å². The maximum atomic E-state index is 12.0. The SMILES string of the molecule is CN(C)C(=O)c1ccc(N2CC3CCC(O)C3C2)c(N)c1. The first kappa shape index (κ1) is 14.2. The molecule has 2 fully saturated rings. The van der Waals surface area contributed by atoms with Crippen molar-refractivity contribution >= 4 is 17.3 Å². The van der Waals surface area contributed by atoms with Crippen LogP contribution >= 0.6 is 0 Å². The van der Waals surface area contributed by atoms with Crippen molar-refractivity contribution in [2.45, 2.75) is 18.9 Å². The number of carbonyl (C=O) groups excluding carboxylic acids is 1. The second-order valence-electron chi connectivity index (χ2n) is 6.45. The molecule has 1 aliphatic carbocycles. The van der Waals surface area contributed by atoms with Crippen molar-refractivity contribution in [3.63, 3.8) is 0 Å². The third-order valence-corrected chi connectivity index (χ3v) is 4.84. The minimum atomic E-state index is -0.171. The number of aliphatic hydroxyl groups is 1. The maximum Gasteiger partial charge on any atom is 0.253 e. The highest BCUT2D eigenvalue weighted by Gasteiger charge is 2.42. The van der Waals surface area contributed by atoms with Gasteiger partial charge in [0.15, 0.2) is 0 Å². The molecule has 0 aromatic heterocycles. The van der Waals surface area contributed by atoms with Crippen LogP contribution in [0.4, 0.5) is 11.4 Å². The molecule has 3 N–H and O–H groups in total. The first-order valence-electron chi connectivity index (χ1n) is 7.51. The van der Waals surface area contributed by atoms with Gasteiger partial charge < -0.3 is 20.6 Å². The first-order chi connectivity index (χ1) is 9.97. The number of carbonyl (C=O) groups is 1. The molecule has 1 saturated heterocycles. The van der Waals surface area contributed by atoms with Crippen molar-refractivity contribution in [3.05, 3.63) is 23.8 Å². The van der Waals surface area contributed by atoms with E-state index in [4.69, 9.17) is 5.73 Å². The molecular formula is C16H23N3O2. The second-order valence-corrected chi connectivity index (χ2v) is 6.45. The van der Waals surface area contributed by atoms with Crippen LogP contribution in [0.25, 0.3) is 0 Å². The Hall–Kier alpha value is -1.75. The van der Waals surface area contributed by atoms with E-state index in [1.807, 2.05) is 12.1 Å². The summed E-state index contributed by atoms with van der Waals surface area (Å²) >= 11 is 0. The van der Waals surface area contributed by atoms with Gasteiger partial charge in [-0.1, -0.05) is 0 Å². The lowest BCUT2D eigenvalue weighted by atomic mass is 10.00. The molecule has 3 unspecified atom stereocenters. The van der Waals surface area contributed by atoms with Crippen LogP contribution in [0.5, 0.6) is 0 Å². The lowest BCUT2D eigenvalue weighted by Crippen LogP contribution is -2.26. The predicted molar refractivity (Wildman–Crippen MR) is 83.3 cm³/mol. The molecule has 114 valence electrons. The molecule has 1 heterocycles. The minimum absolute atomic E-state index is 0.0398. The van der Waals surface area contributed by atoms with Gasteiger partial charge in [0, 0.05) is 38.7 Å². The van der Waals surface area contributed by atoms with Gasteiger partial charge in [0.25, 0.3) is 5.91 Å². The summed E-state index contributed by atoms with van der Waals surface area (Å²) in [5.41, 5.74) is 8.38. The van der Waals surface area contributed by atoms with E-state index in [0.717, 1.165) is 31.6 Å². The predicted octanol–water partition coefficient (Wildman–Crippen LogP) is 1.18. The first-order valence-corrected chi connectivity index (χ1v) is 7.51. The number of nitrogen functional groups attached to an aromatic ring is 1. The zero-order valence-electron chi connectivity index (χ0n) is 12.6. The summed E-state index contributed by atoms with van der Waals surface area (Å²) in [6, 6.07) is 5.51. The number of aliphatic hydroxyl groups excluding tert-OH is 1. The zero-order valence-corrected chi connectivity index (χ0v) is 12.6. The summed E-state index contributed by atoms with van der Waals surface area (Å²) in [5, 5.41) is 10.0. The Labute approximate surface area is 125 Å². The topological polar surface area (TPSA) is 69.8 Å². The van der Waals surface area contributed by atoms with E-state index in [2.05, 4.69) is 4.90 Å². The molecule has 2 aliphatic rings. The van der Waals surface area contributed by atoms with Gasteiger partial charge in [-0.3, -0.25) is 4.79 Å². The molecule has 5 nitrogen and oxygen atoms in total. The van der Waals surface area contributed by atoms with Crippen LogP contribution in [-0.4, -0.2) is 49.2 Å². The normalized spacial score (nSPS) is 27.8. The third kappa shape index (κ3) is 2.46. The Bertz CT molecular complexity index is 558. The molecule has 0 radical (unpaired) electrons. The number of anilines is 2. The van der Waals surface area contributed by atoms with E-state index in [1.54, 1.807) is 25.1 Å². The van der Waals surface area contributed by atoms with Crippen molar-refractivity contribution in [2.75, 3.05) is 37.8 Å². The fourth-order valence-corrected chi connectivity index (χ4v) is 3.67. The summed E-state index contributed by atoms with van der Waals surface area (Å²) in [5.74, 6) is 0.900. The van der Waals surface area contributed by atoms with Gasteiger partial charge in [-0.05, 0) is 37.0 Å². The van der Waals surface area contributed by atoms with Crippen LogP contribution in [-0.2, 0) is 0 Å². The number of hydrogen-bond acceptors (Lipinski definition) is 4. The molecule has 1 aromatic carbocycles. The number of hydrogen-bond donors (Lipinski definition) is 2. The van der Waals surface area contributed by atoms with E-state index >= 15 is 0 Å². The van der Waals surface area contributed by atoms with Crippen LogP contribution < -0.4 is 10.6 Å². The number of rotatable bonds is 2. The summed E-state index contributed by atoms with van der Waals surface area (Å²) in [7, 11) is 3.46. The Balaban J connectivity index is 1.80. The molecule has 1 saturated carbocycles. The van der Waals surface area contributed by atoms with E-state index in [1.165, 1.54) is 0 Å². The van der Waals surface area contributed by atoms with Gasteiger partial charge in [0.1, 0.15) is 0 Å². The fraction of sp³-hybridized carbons (Fsp3) is 0.562. The Morgan fingerprint density at radius 1 is 1.33 bits per heavy atom.